The molecule has 2 unspecified atom stereocenters. The molecule has 0 amide bonds. The van der Waals surface area contributed by atoms with Crippen molar-refractivity contribution in [1.82, 2.24) is 4.90 Å². The second-order valence-corrected chi connectivity index (χ2v) is 4.49. The van der Waals surface area contributed by atoms with Gasteiger partial charge < -0.3 is 15.6 Å². The van der Waals surface area contributed by atoms with E-state index in [0.717, 1.165) is 26.1 Å². The van der Waals surface area contributed by atoms with E-state index in [1.165, 1.54) is 0 Å². The molecular weight excluding hydrogens is 192 g/mol. The summed E-state index contributed by atoms with van der Waals surface area (Å²) in [7, 11) is 1.71. The number of rotatable bonds is 8. The van der Waals surface area contributed by atoms with E-state index in [0.29, 0.717) is 6.04 Å². The van der Waals surface area contributed by atoms with Gasteiger partial charge in [0.2, 0.25) is 0 Å². The Labute approximate surface area is 93.4 Å². The minimum Gasteiger partial charge on any atom is -0.394 e. The fourth-order valence-corrected chi connectivity index (χ4v) is 1.77. The van der Waals surface area contributed by atoms with Crippen LogP contribution in [0.1, 0.15) is 27.2 Å². The predicted octanol–water partition coefficient (Wildman–Crippen LogP) is 0.443. The van der Waals surface area contributed by atoms with E-state index in [4.69, 9.17) is 15.6 Å². The van der Waals surface area contributed by atoms with Gasteiger partial charge in [0, 0.05) is 25.2 Å². The summed E-state index contributed by atoms with van der Waals surface area (Å²) >= 11 is 0. The van der Waals surface area contributed by atoms with Crippen LogP contribution in [0.4, 0.5) is 0 Å². The molecule has 92 valence electrons. The van der Waals surface area contributed by atoms with Crippen molar-refractivity contribution >= 4 is 0 Å². The van der Waals surface area contributed by atoms with Gasteiger partial charge in [-0.1, -0.05) is 6.92 Å². The van der Waals surface area contributed by atoms with E-state index >= 15 is 0 Å². The SMILES string of the molecule is CCN(CCOC)C(C)CC(C)(N)CO. The summed E-state index contributed by atoms with van der Waals surface area (Å²) < 4.78 is 5.06. The van der Waals surface area contributed by atoms with Crippen molar-refractivity contribution in [2.45, 2.75) is 38.8 Å². The average Bonchev–Trinajstić information content (AvgIpc) is 2.18. The van der Waals surface area contributed by atoms with Gasteiger partial charge in [-0.15, -0.1) is 0 Å². The standard InChI is InChI=1S/C11H26N2O2/c1-5-13(6-7-15-4)10(2)8-11(3,12)9-14/h10,14H,5-9,12H2,1-4H3. The van der Waals surface area contributed by atoms with Gasteiger partial charge in [0.05, 0.1) is 13.2 Å². The van der Waals surface area contributed by atoms with E-state index in [9.17, 15) is 0 Å². The Hall–Kier alpha value is -0.160. The molecule has 0 aliphatic rings. The minimum absolute atomic E-state index is 0.0270. The zero-order valence-electron chi connectivity index (χ0n) is 10.5. The maximum Gasteiger partial charge on any atom is 0.0609 e. The van der Waals surface area contributed by atoms with Crippen LogP contribution in [0.25, 0.3) is 0 Å². The number of nitrogens with zero attached hydrogens (tertiary/aromatic N) is 1. The summed E-state index contributed by atoms with van der Waals surface area (Å²) in [6.45, 7) is 8.80. The molecule has 0 aliphatic heterocycles. The summed E-state index contributed by atoms with van der Waals surface area (Å²) in [4.78, 5) is 2.31. The molecule has 0 spiro atoms. The Balaban J connectivity index is 4.08. The van der Waals surface area contributed by atoms with E-state index in [2.05, 4.69) is 18.7 Å². The zero-order valence-corrected chi connectivity index (χ0v) is 10.5. The number of likely N-dealkylation sites (N-methyl/N-ethyl adjacent to an activating group) is 1. The van der Waals surface area contributed by atoms with Crippen LogP contribution in [0.5, 0.6) is 0 Å². The Bertz CT molecular complexity index is 163. The largest absolute Gasteiger partial charge is 0.394 e. The zero-order chi connectivity index (χ0) is 11.9. The van der Waals surface area contributed by atoms with Crippen LogP contribution in [0.2, 0.25) is 0 Å². The third-order valence-corrected chi connectivity index (χ3v) is 2.74. The molecule has 0 aromatic carbocycles. The van der Waals surface area contributed by atoms with Crippen LogP contribution in [0, 0.1) is 0 Å². The van der Waals surface area contributed by atoms with Gasteiger partial charge in [0.25, 0.3) is 0 Å². The first-order valence-corrected chi connectivity index (χ1v) is 5.59. The third kappa shape index (κ3) is 6.10. The fourth-order valence-electron chi connectivity index (χ4n) is 1.77. The number of hydrogen-bond acceptors (Lipinski definition) is 4. The molecule has 0 heterocycles. The van der Waals surface area contributed by atoms with E-state index in [1.54, 1.807) is 7.11 Å². The molecule has 4 nitrogen and oxygen atoms in total. The maximum absolute atomic E-state index is 9.11. The number of hydrogen-bond donors (Lipinski definition) is 2. The Kier molecular flexibility index (Phi) is 7.09. The van der Waals surface area contributed by atoms with Crippen LogP contribution >= 0.6 is 0 Å². The third-order valence-electron chi connectivity index (χ3n) is 2.74. The molecule has 15 heavy (non-hydrogen) atoms. The van der Waals surface area contributed by atoms with Crippen LogP contribution in [-0.2, 0) is 4.74 Å². The van der Waals surface area contributed by atoms with Crippen LogP contribution in [0.15, 0.2) is 0 Å². The quantitative estimate of drug-likeness (QED) is 0.621. The molecule has 0 aromatic heterocycles. The predicted molar refractivity (Wildman–Crippen MR) is 62.9 cm³/mol. The lowest BCUT2D eigenvalue weighted by Crippen LogP contribution is -2.47. The Morgan fingerprint density at radius 1 is 1.53 bits per heavy atom. The molecule has 2 atom stereocenters. The van der Waals surface area contributed by atoms with Crippen molar-refractivity contribution in [3.63, 3.8) is 0 Å². The Morgan fingerprint density at radius 3 is 2.53 bits per heavy atom. The lowest BCUT2D eigenvalue weighted by atomic mass is 9.95. The minimum atomic E-state index is -0.486. The summed E-state index contributed by atoms with van der Waals surface area (Å²) in [6, 6.07) is 0.368. The summed E-state index contributed by atoms with van der Waals surface area (Å²) in [5.74, 6) is 0. The molecule has 0 aliphatic carbocycles. The normalized spacial score (nSPS) is 17.8. The van der Waals surface area contributed by atoms with Crippen LogP contribution in [-0.4, -0.2) is 55.0 Å². The molecule has 0 radical (unpaired) electrons. The highest BCUT2D eigenvalue weighted by Crippen LogP contribution is 2.13. The molecule has 0 aromatic rings. The molecule has 3 N–H and O–H groups in total. The van der Waals surface area contributed by atoms with E-state index in [1.807, 2.05) is 6.92 Å². The molecule has 0 saturated heterocycles. The van der Waals surface area contributed by atoms with Gasteiger partial charge in [-0.2, -0.15) is 0 Å². The number of aliphatic hydroxyl groups excluding tert-OH is 1. The number of methoxy groups -OCH3 is 1. The van der Waals surface area contributed by atoms with Crippen molar-refractivity contribution in [2.75, 3.05) is 33.4 Å². The first kappa shape index (κ1) is 14.8. The van der Waals surface area contributed by atoms with Gasteiger partial charge in [-0.25, -0.2) is 0 Å². The highest BCUT2D eigenvalue weighted by Gasteiger charge is 2.23. The molecule has 0 fully saturated rings. The van der Waals surface area contributed by atoms with Crippen LogP contribution in [0.3, 0.4) is 0 Å². The van der Waals surface area contributed by atoms with E-state index < -0.39 is 5.54 Å². The summed E-state index contributed by atoms with van der Waals surface area (Å²) in [5.41, 5.74) is 5.44. The molecule has 4 heteroatoms. The van der Waals surface area contributed by atoms with Gasteiger partial charge in [0.15, 0.2) is 0 Å². The van der Waals surface area contributed by atoms with Crippen LogP contribution < -0.4 is 5.73 Å². The number of ether oxygens (including phenoxy) is 1. The topological polar surface area (TPSA) is 58.7 Å². The van der Waals surface area contributed by atoms with Crippen molar-refractivity contribution in [2.24, 2.45) is 5.73 Å². The highest BCUT2D eigenvalue weighted by molar-refractivity contribution is 4.83. The van der Waals surface area contributed by atoms with Crippen molar-refractivity contribution in [3.05, 3.63) is 0 Å². The van der Waals surface area contributed by atoms with Crippen molar-refractivity contribution in [1.29, 1.82) is 0 Å². The summed E-state index contributed by atoms with van der Waals surface area (Å²) in [5, 5.41) is 9.11. The lowest BCUT2D eigenvalue weighted by molar-refractivity contribution is 0.104. The van der Waals surface area contributed by atoms with Crippen molar-refractivity contribution in [3.8, 4) is 0 Å². The monoisotopic (exact) mass is 218 g/mol. The summed E-state index contributed by atoms with van der Waals surface area (Å²) in [6.07, 6.45) is 0.793. The average molecular weight is 218 g/mol. The molecular formula is C11H26N2O2. The molecule has 0 bridgehead atoms. The van der Waals surface area contributed by atoms with Gasteiger partial charge in [-0.3, -0.25) is 4.90 Å². The maximum atomic E-state index is 9.11. The first-order chi connectivity index (χ1) is 6.96. The smallest absolute Gasteiger partial charge is 0.0609 e. The molecule has 0 saturated carbocycles. The number of nitrogens with two attached hydrogens (primary N) is 1. The lowest BCUT2D eigenvalue weighted by Gasteiger charge is -2.33. The second-order valence-electron chi connectivity index (χ2n) is 4.49. The van der Waals surface area contributed by atoms with Gasteiger partial charge >= 0.3 is 0 Å². The Morgan fingerprint density at radius 2 is 2.13 bits per heavy atom. The van der Waals surface area contributed by atoms with Crippen molar-refractivity contribution < 1.29 is 9.84 Å². The highest BCUT2D eigenvalue weighted by atomic mass is 16.5. The second kappa shape index (κ2) is 7.17. The molecule has 0 rings (SSSR count). The van der Waals surface area contributed by atoms with Gasteiger partial charge in [0.1, 0.15) is 0 Å². The fraction of sp³-hybridized carbons (Fsp3) is 1.00. The van der Waals surface area contributed by atoms with E-state index in [-0.39, 0.29) is 6.61 Å². The first-order valence-electron chi connectivity index (χ1n) is 5.59. The van der Waals surface area contributed by atoms with Gasteiger partial charge in [-0.05, 0) is 26.8 Å². The number of aliphatic hydroxyl groups is 1.